The molecule has 0 saturated carbocycles. The van der Waals surface area contributed by atoms with Gasteiger partial charge in [0.15, 0.2) is 0 Å². The monoisotopic (exact) mass is 269 g/mol. The summed E-state index contributed by atoms with van der Waals surface area (Å²) in [5.41, 5.74) is 0. The summed E-state index contributed by atoms with van der Waals surface area (Å²) in [5.74, 6) is 1.26. The van der Waals surface area contributed by atoms with Gasteiger partial charge in [-0.2, -0.15) is 5.10 Å². The average molecular weight is 270 g/mol. The lowest BCUT2D eigenvalue weighted by Crippen LogP contribution is -2.14. The Kier molecular flexibility index (Phi) is 3.68. The Morgan fingerprint density at radius 1 is 1.39 bits per heavy atom. The van der Waals surface area contributed by atoms with Crippen LogP contribution >= 0.6 is 11.6 Å². The molecule has 6 nitrogen and oxygen atoms in total. The first-order chi connectivity index (χ1) is 8.50. The van der Waals surface area contributed by atoms with Crippen molar-refractivity contribution in [2.45, 2.75) is 32.4 Å². The lowest BCUT2D eigenvalue weighted by Gasteiger charge is -2.13. The molecule has 18 heavy (non-hydrogen) atoms. The zero-order valence-corrected chi connectivity index (χ0v) is 11.3. The van der Waals surface area contributed by atoms with E-state index in [9.17, 15) is 5.11 Å². The summed E-state index contributed by atoms with van der Waals surface area (Å²) in [6.45, 7) is 4.03. The zero-order valence-electron chi connectivity index (χ0n) is 10.6. The molecule has 0 spiro atoms. The lowest BCUT2D eigenvalue weighted by atomic mass is 10.2. The highest BCUT2D eigenvalue weighted by Gasteiger charge is 2.19. The normalized spacial score (nSPS) is 13.2. The van der Waals surface area contributed by atoms with E-state index in [0.29, 0.717) is 17.4 Å². The molecule has 2 aromatic heterocycles. The molecule has 98 valence electrons. The molecule has 2 aromatic rings. The van der Waals surface area contributed by atoms with Crippen molar-refractivity contribution in [3.05, 3.63) is 29.3 Å². The first-order valence-electron chi connectivity index (χ1n) is 5.74. The van der Waals surface area contributed by atoms with Gasteiger partial charge in [0.25, 0.3) is 0 Å². The first kappa shape index (κ1) is 13.0. The Morgan fingerprint density at radius 3 is 2.67 bits per heavy atom. The Morgan fingerprint density at radius 2 is 2.11 bits per heavy atom. The van der Waals surface area contributed by atoms with Crippen LogP contribution in [0.5, 0.6) is 0 Å². The number of imidazole rings is 1. The minimum absolute atomic E-state index is 0.208. The van der Waals surface area contributed by atoms with Gasteiger partial charge in [0.1, 0.15) is 29.2 Å². The predicted octanol–water partition coefficient (Wildman–Crippen LogP) is 1.52. The van der Waals surface area contributed by atoms with Gasteiger partial charge in [-0.1, -0.05) is 11.6 Å². The number of aliphatic hydroxyl groups is 1. The Balaban J connectivity index is 2.19. The van der Waals surface area contributed by atoms with E-state index in [4.69, 9.17) is 11.6 Å². The fraction of sp³-hybridized carbons (Fsp3) is 0.545. The summed E-state index contributed by atoms with van der Waals surface area (Å²) in [7, 11) is 1.76. The van der Waals surface area contributed by atoms with E-state index in [1.54, 1.807) is 16.3 Å². The van der Waals surface area contributed by atoms with Crippen LogP contribution < -0.4 is 0 Å². The predicted molar refractivity (Wildman–Crippen MR) is 67.3 cm³/mol. The van der Waals surface area contributed by atoms with Gasteiger partial charge in [-0.15, -0.1) is 0 Å². The third-order valence-corrected chi connectivity index (χ3v) is 3.13. The molecular weight excluding hydrogens is 254 g/mol. The molecule has 2 heterocycles. The van der Waals surface area contributed by atoms with Crippen LogP contribution in [0.15, 0.2) is 12.5 Å². The van der Waals surface area contributed by atoms with Crippen LogP contribution in [0.2, 0.25) is 5.15 Å². The number of rotatable bonds is 4. The van der Waals surface area contributed by atoms with Crippen molar-refractivity contribution >= 4 is 11.6 Å². The molecule has 0 bridgehead atoms. The van der Waals surface area contributed by atoms with Crippen LogP contribution in [-0.4, -0.2) is 29.4 Å². The highest BCUT2D eigenvalue weighted by Crippen LogP contribution is 2.20. The molecule has 0 aromatic carbocycles. The van der Waals surface area contributed by atoms with Gasteiger partial charge < -0.3 is 9.67 Å². The minimum atomic E-state index is -0.746. The van der Waals surface area contributed by atoms with Gasteiger partial charge in [0.2, 0.25) is 0 Å². The maximum Gasteiger partial charge on any atom is 0.139 e. The van der Waals surface area contributed by atoms with Crippen molar-refractivity contribution in [2.75, 3.05) is 0 Å². The lowest BCUT2D eigenvalue weighted by molar-refractivity contribution is 0.160. The van der Waals surface area contributed by atoms with Gasteiger partial charge in [0, 0.05) is 19.5 Å². The van der Waals surface area contributed by atoms with Crippen LogP contribution in [0.25, 0.3) is 0 Å². The van der Waals surface area contributed by atoms with Crippen molar-refractivity contribution in [2.24, 2.45) is 7.05 Å². The second-order valence-corrected chi connectivity index (χ2v) is 4.82. The van der Waals surface area contributed by atoms with Crippen LogP contribution in [0.1, 0.15) is 37.6 Å². The smallest absolute Gasteiger partial charge is 0.139 e. The maximum atomic E-state index is 10.2. The highest BCUT2D eigenvalue weighted by molar-refractivity contribution is 6.29. The van der Waals surface area contributed by atoms with Crippen LogP contribution in [0.4, 0.5) is 0 Å². The largest absolute Gasteiger partial charge is 0.385 e. The van der Waals surface area contributed by atoms with Crippen molar-refractivity contribution in [3.63, 3.8) is 0 Å². The van der Waals surface area contributed by atoms with Crippen molar-refractivity contribution in [1.82, 2.24) is 24.3 Å². The molecular formula is C11H16ClN5O. The summed E-state index contributed by atoms with van der Waals surface area (Å²) in [6, 6.07) is 0.208. The molecule has 1 atom stereocenters. The molecule has 0 aliphatic carbocycles. The third-order valence-electron chi connectivity index (χ3n) is 2.78. The number of hydrogen-bond acceptors (Lipinski definition) is 4. The average Bonchev–Trinajstić information content (AvgIpc) is 2.88. The van der Waals surface area contributed by atoms with Crippen LogP contribution in [0.3, 0.4) is 0 Å². The molecule has 1 N–H and O–H groups in total. The molecule has 1 unspecified atom stereocenters. The molecule has 0 aliphatic heterocycles. The zero-order chi connectivity index (χ0) is 13.3. The van der Waals surface area contributed by atoms with Crippen LogP contribution in [-0.2, 0) is 13.5 Å². The van der Waals surface area contributed by atoms with Crippen molar-refractivity contribution < 1.29 is 5.11 Å². The van der Waals surface area contributed by atoms with Crippen molar-refractivity contribution in [1.29, 1.82) is 0 Å². The van der Waals surface area contributed by atoms with E-state index in [0.717, 1.165) is 5.82 Å². The fourth-order valence-electron chi connectivity index (χ4n) is 1.83. The molecule has 0 amide bonds. The number of aliphatic hydroxyl groups excluding tert-OH is 1. The van der Waals surface area contributed by atoms with E-state index in [-0.39, 0.29) is 6.04 Å². The first-order valence-corrected chi connectivity index (χ1v) is 6.12. The topological polar surface area (TPSA) is 68.8 Å². The molecule has 0 aliphatic rings. The quantitative estimate of drug-likeness (QED) is 0.914. The molecule has 0 radical (unpaired) electrons. The summed E-state index contributed by atoms with van der Waals surface area (Å²) in [5, 5.41) is 14.8. The van der Waals surface area contributed by atoms with E-state index < -0.39 is 6.10 Å². The van der Waals surface area contributed by atoms with Crippen LogP contribution in [0, 0.1) is 0 Å². The van der Waals surface area contributed by atoms with Gasteiger partial charge in [-0.05, 0) is 13.8 Å². The Bertz CT molecular complexity index is 533. The SMILES string of the molecule is CC(C)n1ncnc1CC(O)c1ncc(Cl)n1C. The highest BCUT2D eigenvalue weighted by atomic mass is 35.5. The van der Waals surface area contributed by atoms with E-state index >= 15 is 0 Å². The van der Waals surface area contributed by atoms with E-state index in [2.05, 4.69) is 15.1 Å². The third kappa shape index (κ3) is 2.39. The number of aromatic nitrogens is 5. The number of hydrogen-bond donors (Lipinski definition) is 1. The Hall–Kier alpha value is -1.40. The summed E-state index contributed by atoms with van der Waals surface area (Å²) in [6.07, 6.45) is 2.63. The van der Waals surface area contributed by atoms with Gasteiger partial charge in [-0.3, -0.25) is 0 Å². The Labute approximate surface area is 110 Å². The van der Waals surface area contributed by atoms with Gasteiger partial charge in [-0.25, -0.2) is 14.6 Å². The number of nitrogens with zero attached hydrogens (tertiary/aromatic N) is 5. The fourth-order valence-corrected chi connectivity index (χ4v) is 1.96. The minimum Gasteiger partial charge on any atom is -0.385 e. The summed E-state index contributed by atoms with van der Waals surface area (Å²) < 4.78 is 3.44. The van der Waals surface area contributed by atoms with Crippen molar-refractivity contribution in [3.8, 4) is 0 Å². The number of halogens is 1. The maximum absolute atomic E-state index is 10.2. The molecule has 2 rings (SSSR count). The van der Waals surface area contributed by atoms with E-state index in [1.807, 2.05) is 13.8 Å². The van der Waals surface area contributed by atoms with E-state index in [1.165, 1.54) is 12.5 Å². The molecule has 0 fully saturated rings. The standard InChI is InChI=1S/C11H16ClN5O/c1-7(2)17-10(14-6-15-17)4-8(18)11-13-5-9(12)16(11)3/h5-8,18H,4H2,1-3H3. The summed E-state index contributed by atoms with van der Waals surface area (Å²) in [4.78, 5) is 8.26. The second-order valence-electron chi connectivity index (χ2n) is 4.43. The molecule has 0 saturated heterocycles. The van der Waals surface area contributed by atoms with Gasteiger partial charge >= 0.3 is 0 Å². The van der Waals surface area contributed by atoms with Gasteiger partial charge in [0.05, 0.1) is 6.20 Å². The second kappa shape index (κ2) is 5.07. The molecule has 7 heteroatoms. The summed E-state index contributed by atoms with van der Waals surface area (Å²) >= 11 is 5.89.